The van der Waals surface area contributed by atoms with E-state index in [0.29, 0.717) is 0 Å². The average Bonchev–Trinajstić information content (AvgIpc) is 3.62. The quantitative estimate of drug-likeness (QED) is 0.167. The molecule has 0 spiro atoms. The van der Waals surface area contributed by atoms with Gasteiger partial charge >= 0.3 is 0 Å². The molecule has 0 aliphatic heterocycles. The monoisotopic (exact) mass is 712 g/mol. The zero-order valence-corrected chi connectivity index (χ0v) is 30.7. The molecule has 2 nitrogen and oxygen atoms in total. The van der Waals surface area contributed by atoms with Gasteiger partial charge < -0.3 is 9.47 Å². The highest BCUT2D eigenvalue weighted by Crippen LogP contribution is 2.40. The van der Waals surface area contributed by atoms with Crippen LogP contribution in [0, 0.1) is 0 Å². The largest absolute Gasteiger partial charge is 0.310 e. The van der Waals surface area contributed by atoms with E-state index in [4.69, 9.17) is 0 Å². The molecule has 0 aliphatic rings. The molecule has 0 radical (unpaired) electrons. The van der Waals surface area contributed by atoms with Gasteiger partial charge in [0.25, 0.3) is 0 Å². The van der Waals surface area contributed by atoms with Gasteiger partial charge in [-0.15, -0.1) is 0 Å². The zero-order chi connectivity index (χ0) is 37.0. The van der Waals surface area contributed by atoms with Crippen molar-refractivity contribution in [2.75, 3.05) is 4.90 Å². The summed E-state index contributed by atoms with van der Waals surface area (Å²) in [6.07, 6.45) is 0. The molecule has 10 aromatic carbocycles. The number of nitrogens with zero attached hydrogens (tertiary/aromatic N) is 2. The van der Waals surface area contributed by atoms with E-state index in [-0.39, 0.29) is 0 Å². The lowest BCUT2D eigenvalue weighted by Gasteiger charge is -2.26. The Morgan fingerprint density at radius 2 is 0.821 bits per heavy atom. The van der Waals surface area contributed by atoms with Crippen molar-refractivity contribution < 1.29 is 0 Å². The first kappa shape index (κ1) is 32.0. The smallest absolute Gasteiger partial charge is 0.0547 e. The molecule has 0 bridgehead atoms. The molecule has 11 aromatic rings. The van der Waals surface area contributed by atoms with Crippen LogP contribution in [0.5, 0.6) is 0 Å². The lowest BCUT2D eigenvalue weighted by molar-refractivity contribution is 1.19. The van der Waals surface area contributed by atoms with Crippen LogP contribution in [0.1, 0.15) is 0 Å². The van der Waals surface area contributed by atoms with Crippen molar-refractivity contribution in [2.24, 2.45) is 0 Å². The number of hydrogen-bond acceptors (Lipinski definition) is 1. The third-order valence-corrected chi connectivity index (χ3v) is 11.3. The molecule has 1 aromatic heterocycles. The minimum atomic E-state index is 1.11. The maximum absolute atomic E-state index is 2.42. The highest BCUT2D eigenvalue weighted by molar-refractivity contribution is 6.21. The Kier molecular flexibility index (Phi) is 7.53. The summed E-state index contributed by atoms with van der Waals surface area (Å²) in [4.78, 5) is 2.35. The Bertz CT molecular complexity index is 3230. The number of benzene rings is 10. The normalized spacial score (nSPS) is 11.6. The molecule has 0 saturated carbocycles. The molecule has 262 valence electrons. The summed E-state index contributed by atoms with van der Waals surface area (Å²) < 4.78 is 2.42. The molecule has 0 fully saturated rings. The van der Waals surface area contributed by atoms with Gasteiger partial charge in [-0.05, 0) is 121 Å². The van der Waals surface area contributed by atoms with Gasteiger partial charge in [-0.2, -0.15) is 0 Å². The van der Waals surface area contributed by atoms with E-state index in [1.165, 1.54) is 76.4 Å². The van der Waals surface area contributed by atoms with E-state index in [1.54, 1.807) is 0 Å². The fourth-order valence-corrected chi connectivity index (χ4v) is 8.57. The maximum Gasteiger partial charge on any atom is 0.0547 e. The van der Waals surface area contributed by atoms with Crippen molar-refractivity contribution >= 4 is 71.2 Å². The molecule has 0 N–H and O–H groups in total. The molecule has 11 rings (SSSR count). The molecular formula is C54H36N2. The van der Waals surface area contributed by atoms with Crippen molar-refractivity contribution in [3.63, 3.8) is 0 Å². The van der Waals surface area contributed by atoms with Crippen molar-refractivity contribution in [1.82, 2.24) is 4.57 Å². The van der Waals surface area contributed by atoms with Crippen LogP contribution in [0.3, 0.4) is 0 Å². The second-order valence-electron chi connectivity index (χ2n) is 14.6. The predicted molar refractivity (Wildman–Crippen MR) is 239 cm³/mol. The third-order valence-electron chi connectivity index (χ3n) is 11.3. The van der Waals surface area contributed by atoms with E-state index < -0.39 is 0 Å². The standard InChI is InChI=1S/C54H36N2/c1-2-10-37(11-3-1)39-20-27-46(28-21-39)55(48-31-24-38-12-4-5-14-43(38)35-48)47-29-22-40(23-30-47)44-19-18-41-25-32-49(36-45(41)34-44)56-52-17-9-8-16-51(52)54-50-15-7-6-13-42(50)26-33-53(54)56/h1-36H. The van der Waals surface area contributed by atoms with E-state index in [9.17, 15) is 0 Å². The Hall–Kier alpha value is -7.42. The van der Waals surface area contributed by atoms with Crippen LogP contribution < -0.4 is 4.90 Å². The first-order valence-electron chi connectivity index (χ1n) is 19.3. The van der Waals surface area contributed by atoms with Gasteiger partial charge in [-0.1, -0.05) is 152 Å². The Balaban J connectivity index is 0.983. The number of hydrogen-bond donors (Lipinski definition) is 0. The minimum absolute atomic E-state index is 1.11. The molecule has 0 atom stereocenters. The zero-order valence-electron chi connectivity index (χ0n) is 30.7. The first-order chi connectivity index (χ1) is 27.7. The summed E-state index contributed by atoms with van der Waals surface area (Å²) in [7, 11) is 0. The fourth-order valence-electron chi connectivity index (χ4n) is 8.57. The Morgan fingerprint density at radius 1 is 0.286 bits per heavy atom. The van der Waals surface area contributed by atoms with Gasteiger partial charge in [0.2, 0.25) is 0 Å². The summed E-state index contributed by atoms with van der Waals surface area (Å²) in [5.41, 5.74) is 11.7. The van der Waals surface area contributed by atoms with Gasteiger partial charge in [0.05, 0.1) is 11.0 Å². The SMILES string of the molecule is c1ccc(-c2ccc(N(c3ccc(-c4ccc5ccc(-n6c7ccccc7c7c8ccccc8ccc76)cc5c4)cc3)c3ccc4ccccc4c3)cc2)cc1. The summed E-state index contributed by atoms with van der Waals surface area (Å²) in [6, 6.07) is 79.5. The van der Waals surface area contributed by atoms with E-state index in [0.717, 1.165) is 22.7 Å². The second kappa shape index (κ2) is 13.2. The summed E-state index contributed by atoms with van der Waals surface area (Å²) in [5.74, 6) is 0. The second-order valence-corrected chi connectivity index (χ2v) is 14.6. The number of aromatic nitrogens is 1. The van der Waals surface area contributed by atoms with Crippen LogP contribution in [-0.2, 0) is 0 Å². The van der Waals surface area contributed by atoms with E-state index in [2.05, 4.69) is 228 Å². The van der Waals surface area contributed by atoms with Crippen molar-refractivity contribution in [3.05, 3.63) is 218 Å². The number of anilines is 3. The van der Waals surface area contributed by atoms with E-state index in [1.807, 2.05) is 0 Å². The van der Waals surface area contributed by atoms with Gasteiger partial charge in [-0.3, -0.25) is 0 Å². The average molecular weight is 713 g/mol. The van der Waals surface area contributed by atoms with Crippen LogP contribution in [0.15, 0.2) is 218 Å². The highest BCUT2D eigenvalue weighted by atomic mass is 15.1. The van der Waals surface area contributed by atoms with Crippen LogP contribution in [0.25, 0.3) is 82.1 Å². The van der Waals surface area contributed by atoms with Crippen molar-refractivity contribution in [3.8, 4) is 27.9 Å². The third kappa shape index (κ3) is 5.42. The van der Waals surface area contributed by atoms with Crippen LogP contribution in [0.4, 0.5) is 17.1 Å². The van der Waals surface area contributed by atoms with Crippen LogP contribution in [-0.4, -0.2) is 4.57 Å². The molecule has 0 aliphatic carbocycles. The molecule has 0 amide bonds. The minimum Gasteiger partial charge on any atom is -0.310 e. The van der Waals surface area contributed by atoms with Gasteiger partial charge in [0, 0.05) is 33.5 Å². The summed E-state index contributed by atoms with van der Waals surface area (Å²) in [5, 5.41) is 10.0. The molecule has 56 heavy (non-hydrogen) atoms. The molecule has 1 heterocycles. The van der Waals surface area contributed by atoms with Crippen LogP contribution in [0.2, 0.25) is 0 Å². The molecule has 0 saturated heterocycles. The molecule has 2 heteroatoms. The first-order valence-corrected chi connectivity index (χ1v) is 19.3. The van der Waals surface area contributed by atoms with Crippen LogP contribution >= 0.6 is 0 Å². The molecular weight excluding hydrogens is 677 g/mol. The topological polar surface area (TPSA) is 8.17 Å². The van der Waals surface area contributed by atoms with Gasteiger partial charge in [-0.25, -0.2) is 0 Å². The summed E-state index contributed by atoms with van der Waals surface area (Å²) >= 11 is 0. The number of para-hydroxylation sites is 1. The lowest BCUT2D eigenvalue weighted by atomic mass is 10.00. The number of fused-ring (bicyclic) bond motifs is 7. The Morgan fingerprint density at radius 3 is 1.61 bits per heavy atom. The Labute approximate surface area is 325 Å². The molecule has 0 unspecified atom stereocenters. The van der Waals surface area contributed by atoms with Gasteiger partial charge in [0.1, 0.15) is 0 Å². The summed E-state index contributed by atoms with van der Waals surface area (Å²) in [6.45, 7) is 0. The van der Waals surface area contributed by atoms with E-state index >= 15 is 0 Å². The van der Waals surface area contributed by atoms with Crippen molar-refractivity contribution in [2.45, 2.75) is 0 Å². The highest BCUT2D eigenvalue weighted by Gasteiger charge is 2.16. The fraction of sp³-hybridized carbons (Fsp3) is 0. The van der Waals surface area contributed by atoms with Gasteiger partial charge in [0.15, 0.2) is 0 Å². The maximum atomic E-state index is 2.42. The van der Waals surface area contributed by atoms with Crippen molar-refractivity contribution in [1.29, 1.82) is 0 Å². The predicted octanol–water partition coefficient (Wildman–Crippen LogP) is 15.0. The lowest BCUT2D eigenvalue weighted by Crippen LogP contribution is -2.09. The number of rotatable bonds is 6.